The maximum absolute atomic E-state index is 12.5. The summed E-state index contributed by atoms with van der Waals surface area (Å²) in [4.78, 5) is 12.5. The van der Waals surface area contributed by atoms with Gasteiger partial charge in [-0.2, -0.15) is 0 Å². The van der Waals surface area contributed by atoms with Crippen molar-refractivity contribution in [3.05, 3.63) is 53.6 Å². The molecule has 0 aromatic heterocycles. The Balaban J connectivity index is 1.88. The summed E-state index contributed by atoms with van der Waals surface area (Å²) in [6.45, 7) is 1.24. The molecule has 0 amide bonds. The molecule has 2 aromatic carbocycles. The van der Waals surface area contributed by atoms with E-state index in [9.17, 15) is 4.79 Å². The van der Waals surface area contributed by atoms with Crippen LogP contribution in [0.4, 0.5) is 0 Å². The van der Waals surface area contributed by atoms with Crippen molar-refractivity contribution < 1.29 is 19.0 Å². The fourth-order valence-electron chi connectivity index (χ4n) is 2.21. The molecule has 108 valence electrons. The van der Waals surface area contributed by atoms with E-state index in [4.69, 9.17) is 14.2 Å². The Bertz CT molecular complexity index is 646. The zero-order valence-electron chi connectivity index (χ0n) is 11.8. The van der Waals surface area contributed by atoms with Gasteiger partial charge in [0.2, 0.25) is 0 Å². The SMILES string of the molecule is COc1ccc(C(=O)c2ccc3c(c2)OCCCO3)cc1. The van der Waals surface area contributed by atoms with Gasteiger partial charge < -0.3 is 14.2 Å². The van der Waals surface area contributed by atoms with Gasteiger partial charge in [-0.15, -0.1) is 0 Å². The molecule has 0 saturated carbocycles. The van der Waals surface area contributed by atoms with Crippen LogP contribution in [-0.4, -0.2) is 26.1 Å². The Labute approximate surface area is 123 Å². The molecule has 0 saturated heterocycles. The van der Waals surface area contributed by atoms with Gasteiger partial charge in [0.05, 0.1) is 20.3 Å². The zero-order chi connectivity index (χ0) is 14.7. The van der Waals surface area contributed by atoms with E-state index >= 15 is 0 Å². The molecule has 1 heterocycles. The molecular weight excluding hydrogens is 268 g/mol. The van der Waals surface area contributed by atoms with Crippen molar-refractivity contribution in [2.45, 2.75) is 6.42 Å². The maximum atomic E-state index is 12.5. The molecule has 1 aliphatic heterocycles. The molecule has 1 aliphatic rings. The van der Waals surface area contributed by atoms with Gasteiger partial charge in [0.1, 0.15) is 5.75 Å². The molecule has 4 nitrogen and oxygen atoms in total. The number of methoxy groups -OCH3 is 1. The fraction of sp³-hybridized carbons (Fsp3) is 0.235. The Hall–Kier alpha value is -2.49. The van der Waals surface area contributed by atoms with Crippen LogP contribution in [0.5, 0.6) is 17.2 Å². The van der Waals surface area contributed by atoms with E-state index in [0.29, 0.717) is 35.8 Å². The van der Waals surface area contributed by atoms with E-state index in [0.717, 1.165) is 12.2 Å². The number of fused-ring (bicyclic) bond motifs is 1. The van der Waals surface area contributed by atoms with Crippen molar-refractivity contribution in [3.8, 4) is 17.2 Å². The van der Waals surface area contributed by atoms with Crippen LogP contribution in [-0.2, 0) is 0 Å². The van der Waals surface area contributed by atoms with Gasteiger partial charge in [-0.1, -0.05) is 0 Å². The van der Waals surface area contributed by atoms with Crippen LogP contribution in [0.1, 0.15) is 22.3 Å². The quantitative estimate of drug-likeness (QED) is 0.812. The lowest BCUT2D eigenvalue weighted by Crippen LogP contribution is -2.02. The minimum Gasteiger partial charge on any atom is -0.497 e. The first-order valence-electron chi connectivity index (χ1n) is 6.86. The van der Waals surface area contributed by atoms with Gasteiger partial charge >= 0.3 is 0 Å². The van der Waals surface area contributed by atoms with Crippen LogP contribution in [0, 0.1) is 0 Å². The Morgan fingerprint density at radius 2 is 1.62 bits per heavy atom. The van der Waals surface area contributed by atoms with Gasteiger partial charge in [0.25, 0.3) is 0 Å². The Kier molecular flexibility index (Phi) is 3.77. The summed E-state index contributed by atoms with van der Waals surface area (Å²) in [5.74, 6) is 2.00. The highest BCUT2D eigenvalue weighted by Gasteiger charge is 2.15. The first kappa shape index (κ1) is 13.5. The van der Waals surface area contributed by atoms with Crippen molar-refractivity contribution in [1.29, 1.82) is 0 Å². The molecule has 21 heavy (non-hydrogen) atoms. The Morgan fingerprint density at radius 3 is 2.33 bits per heavy atom. The van der Waals surface area contributed by atoms with Crippen LogP contribution in [0.15, 0.2) is 42.5 Å². The lowest BCUT2D eigenvalue weighted by atomic mass is 10.0. The number of benzene rings is 2. The highest BCUT2D eigenvalue weighted by atomic mass is 16.5. The predicted molar refractivity (Wildman–Crippen MR) is 78.5 cm³/mol. The standard InChI is InChI=1S/C17H16O4/c1-19-14-6-3-12(4-7-14)17(18)13-5-8-15-16(11-13)21-10-2-9-20-15/h3-8,11H,2,9-10H2,1H3. The third-order valence-corrected chi connectivity index (χ3v) is 3.36. The number of carbonyl (C=O) groups is 1. The van der Waals surface area contributed by atoms with Crippen molar-refractivity contribution >= 4 is 5.78 Å². The minimum absolute atomic E-state index is 0.0479. The number of rotatable bonds is 3. The molecule has 0 bridgehead atoms. The van der Waals surface area contributed by atoms with E-state index in [1.165, 1.54) is 0 Å². The summed E-state index contributed by atoms with van der Waals surface area (Å²) >= 11 is 0. The largest absolute Gasteiger partial charge is 0.497 e. The third kappa shape index (κ3) is 2.84. The second kappa shape index (κ2) is 5.87. The second-order valence-electron chi connectivity index (χ2n) is 4.77. The summed E-state index contributed by atoms with van der Waals surface area (Å²) in [5.41, 5.74) is 1.20. The van der Waals surface area contributed by atoms with Gasteiger partial charge in [0, 0.05) is 17.5 Å². The molecule has 0 radical (unpaired) electrons. The molecule has 0 N–H and O–H groups in total. The van der Waals surface area contributed by atoms with Gasteiger partial charge in [-0.3, -0.25) is 4.79 Å². The zero-order valence-corrected chi connectivity index (χ0v) is 11.8. The van der Waals surface area contributed by atoms with Crippen molar-refractivity contribution in [1.82, 2.24) is 0 Å². The van der Waals surface area contributed by atoms with Crippen LogP contribution in [0.3, 0.4) is 0 Å². The molecule has 0 unspecified atom stereocenters. The lowest BCUT2D eigenvalue weighted by Gasteiger charge is -2.09. The summed E-state index contributed by atoms with van der Waals surface area (Å²) in [7, 11) is 1.60. The molecule has 4 heteroatoms. The average molecular weight is 284 g/mol. The van der Waals surface area contributed by atoms with Gasteiger partial charge in [0.15, 0.2) is 17.3 Å². The van der Waals surface area contributed by atoms with Crippen molar-refractivity contribution in [2.24, 2.45) is 0 Å². The first-order valence-corrected chi connectivity index (χ1v) is 6.86. The van der Waals surface area contributed by atoms with E-state index < -0.39 is 0 Å². The number of carbonyl (C=O) groups excluding carboxylic acids is 1. The molecule has 2 aromatic rings. The molecule has 3 rings (SSSR count). The first-order chi connectivity index (χ1) is 10.3. The second-order valence-corrected chi connectivity index (χ2v) is 4.77. The number of hydrogen-bond donors (Lipinski definition) is 0. The van der Waals surface area contributed by atoms with Crippen LogP contribution in [0.2, 0.25) is 0 Å². The van der Waals surface area contributed by atoms with Gasteiger partial charge in [-0.05, 0) is 42.5 Å². The topological polar surface area (TPSA) is 44.8 Å². The highest BCUT2D eigenvalue weighted by Crippen LogP contribution is 2.31. The summed E-state index contributed by atoms with van der Waals surface area (Å²) in [6, 6.07) is 12.4. The van der Waals surface area contributed by atoms with E-state index in [1.54, 1.807) is 49.6 Å². The molecule has 0 atom stereocenters. The average Bonchev–Trinajstić information content (AvgIpc) is 2.79. The van der Waals surface area contributed by atoms with Crippen LogP contribution >= 0.6 is 0 Å². The van der Waals surface area contributed by atoms with E-state index in [1.807, 2.05) is 0 Å². The van der Waals surface area contributed by atoms with Crippen LogP contribution < -0.4 is 14.2 Å². The maximum Gasteiger partial charge on any atom is 0.193 e. The highest BCUT2D eigenvalue weighted by molar-refractivity contribution is 6.09. The normalized spacial score (nSPS) is 13.4. The van der Waals surface area contributed by atoms with Crippen molar-refractivity contribution in [3.63, 3.8) is 0 Å². The van der Waals surface area contributed by atoms with Crippen molar-refractivity contribution in [2.75, 3.05) is 20.3 Å². The van der Waals surface area contributed by atoms with E-state index in [2.05, 4.69) is 0 Å². The number of ketones is 1. The monoisotopic (exact) mass is 284 g/mol. The summed E-state index contributed by atoms with van der Waals surface area (Å²) < 4.78 is 16.3. The molecule has 0 fully saturated rings. The lowest BCUT2D eigenvalue weighted by molar-refractivity contribution is 0.103. The summed E-state index contributed by atoms with van der Waals surface area (Å²) in [5, 5.41) is 0. The van der Waals surface area contributed by atoms with Crippen LogP contribution in [0.25, 0.3) is 0 Å². The summed E-state index contributed by atoms with van der Waals surface area (Å²) in [6.07, 6.45) is 0.844. The number of hydrogen-bond acceptors (Lipinski definition) is 4. The minimum atomic E-state index is -0.0479. The molecule has 0 spiro atoms. The number of ether oxygens (including phenoxy) is 3. The Morgan fingerprint density at radius 1 is 0.952 bits per heavy atom. The van der Waals surface area contributed by atoms with Gasteiger partial charge in [-0.25, -0.2) is 0 Å². The van der Waals surface area contributed by atoms with E-state index in [-0.39, 0.29) is 5.78 Å². The smallest absolute Gasteiger partial charge is 0.193 e. The third-order valence-electron chi connectivity index (χ3n) is 3.36. The molecular formula is C17H16O4. The predicted octanol–water partition coefficient (Wildman–Crippen LogP) is 3.09. The molecule has 0 aliphatic carbocycles. The fourth-order valence-corrected chi connectivity index (χ4v) is 2.21.